The standard InChI is InChI=1S/C22H18FN3O2/c1-13-5-10-16-19(25-13)3-2-4-20(16)26-22(28)18-12-24-21(27)11-17(18)14-6-8-15(23)9-7-14/h2-10,12,17H,11H2,1H3,(H,24,27)(H,26,28). The SMILES string of the molecule is Cc1ccc2c(NC(=O)C3=CNC(=O)CC3c3ccc(F)cc3)cccc2n1. The number of carbonyl (C=O) groups is 2. The zero-order valence-electron chi connectivity index (χ0n) is 15.2. The molecule has 2 amide bonds. The molecular weight excluding hydrogens is 357 g/mol. The van der Waals surface area contributed by atoms with Gasteiger partial charge in [0.1, 0.15) is 5.82 Å². The third kappa shape index (κ3) is 3.49. The first-order valence-corrected chi connectivity index (χ1v) is 8.94. The van der Waals surface area contributed by atoms with E-state index in [9.17, 15) is 14.0 Å². The van der Waals surface area contributed by atoms with Crippen molar-refractivity contribution in [2.75, 3.05) is 5.32 Å². The van der Waals surface area contributed by atoms with E-state index in [1.807, 2.05) is 37.3 Å². The molecular formula is C22H18FN3O2. The molecule has 140 valence electrons. The Bertz CT molecular complexity index is 1110. The molecule has 0 aliphatic carbocycles. The van der Waals surface area contributed by atoms with Crippen molar-refractivity contribution in [3.63, 3.8) is 0 Å². The minimum atomic E-state index is -0.440. The highest BCUT2D eigenvalue weighted by Gasteiger charge is 2.29. The molecule has 0 bridgehead atoms. The Morgan fingerprint density at radius 2 is 1.93 bits per heavy atom. The van der Waals surface area contributed by atoms with Gasteiger partial charge in [-0.2, -0.15) is 0 Å². The quantitative estimate of drug-likeness (QED) is 0.731. The predicted molar refractivity (Wildman–Crippen MR) is 105 cm³/mol. The van der Waals surface area contributed by atoms with Gasteiger partial charge in [-0.25, -0.2) is 4.39 Å². The number of hydrogen-bond donors (Lipinski definition) is 2. The lowest BCUT2D eigenvalue weighted by Crippen LogP contribution is -2.32. The van der Waals surface area contributed by atoms with E-state index in [1.54, 1.807) is 12.1 Å². The van der Waals surface area contributed by atoms with E-state index in [1.165, 1.54) is 18.3 Å². The van der Waals surface area contributed by atoms with Crippen LogP contribution in [0.3, 0.4) is 0 Å². The first-order chi connectivity index (χ1) is 13.5. The second-order valence-corrected chi connectivity index (χ2v) is 6.75. The fourth-order valence-corrected chi connectivity index (χ4v) is 3.39. The summed E-state index contributed by atoms with van der Waals surface area (Å²) >= 11 is 0. The van der Waals surface area contributed by atoms with E-state index >= 15 is 0 Å². The van der Waals surface area contributed by atoms with E-state index in [-0.39, 0.29) is 24.1 Å². The highest BCUT2D eigenvalue weighted by Crippen LogP contribution is 2.32. The molecule has 0 saturated carbocycles. The Morgan fingerprint density at radius 3 is 2.71 bits per heavy atom. The molecule has 2 heterocycles. The molecule has 0 saturated heterocycles. The van der Waals surface area contributed by atoms with E-state index in [4.69, 9.17) is 0 Å². The van der Waals surface area contributed by atoms with E-state index in [0.717, 1.165) is 16.6 Å². The molecule has 5 nitrogen and oxygen atoms in total. The van der Waals surface area contributed by atoms with E-state index in [0.29, 0.717) is 16.8 Å². The van der Waals surface area contributed by atoms with Crippen LogP contribution in [0, 0.1) is 12.7 Å². The van der Waals surface area contributed by atoms with Crippen LogP contribution in [0.25, 0.3) is 10.9 Å². The third-order valence-electron chi connectivity index (χ3n) is 4.81. The zero-order chi connectivity index (χ0) is 19.7. The smallest absolute Gasteiger partial charge is 0.253 e. The minimum Gasteiger partial charge on any atom is -0.332 e. The summed E-state index contributed by atoms with van der Waals surface area (Å²) in [4.78, 5) is 29.4. The lowest BCUT2D eigenvalue weighted by atomic mass is 9.86. The normalized spacial score (nSPS) is 16.4. The Kier molecular flexibility index (Phi) is 4.61. The summed E-state index contributed by atoms with van der Waals surface area (Å²) in [5.41, 5.74) is 3.46. The van der Waals surface area contributed by atoms with Gasteiger partial charge in [0.25, 0.3) is 5.91 Å². The van der Waals surface area contributed by atoms with Crippen LogP contribution in [0.4, 0.5) is 10.1 Å². The Morgan fingerprint density at radius 1 is 1.14 bits per heavy atom. The average Bonchev–Trinajstić information content (AvgIpc) is 2.68. The van der Waals surface area contributed by atoms with Gasteiger partial charge in [0, 0.05) is 35.2 Å². The van der Waals surface area contributed by atoms with E-state index < -0.39 is 5.92 Å². The van der Waals surface area contributed by atoms with Gasteiger partial charge >= 0.3 is 0 Å². The molecule has 2 aromatic carbocycles. The molecule has 0 radical (unpaired) electrons. The molecule has 28 heavy (non-hydrogen) atoms. The lowest BCUT2D eigenvalue weighted by molar-refractivity contribution is -0.121. The van der Waals surface area contributed by atoms with Crippen molar-refractivity contribution < 1.29 is 14.0 Å². The monoisotopic (exact) mass is 375 g/mol. The van der Waals surface area contributed by atoms with Crippen LogP contribution in [0.2, 0.25) is 0 Å². The fourth-order valence-electron chi connectivity index (χ4n) is 3.39. The number of fused-ring (bicyclic) bond motifs is 1. The Hall–Kier alpha value is -3.54. The lowest BCUT2D eigenvalue weighted by Gasteiger charge is -2.24. The molecule has 1 unspecified atom stereocenters. The van der Waals surface area contributed by atoms with Crippen molar-refractivity contribution in [2.24, 2.45) is 0 Å². The highest BCUT2D eigenvalue weighted by atomic mass is 19.1. The van der Waals surface area contributed by atoms with Crippen LogP contribution in [0.15, 0.2) is 66.4 Å². The summed E-state index contributed by atoms with van der Waals surface area (Å²) in [6, 6.07) is 15.2. The maximum absolute atomic E-state index is 13.3. The number of aromatic nitrogens is 1. The Balaban J connectivity index is 1.66. The average molecular weight is 375 g/mol. The zero-order valence-corrected chi connectivity index (χ0v) is 15.2. The van der Waals surface area contributed by atoms with Crippen LogP contribution in [0.1, 0.15) is 23.6 Å². The number of carbonyl (C=O) groups excluding carboxylic acids is 2. The number of anilines is 1. The van der Waals surface area contributed by atoms with Gasteiger partial charge in [-0.3, -0.25) is 14.6 Å². The van der Waals surface area contributed by atoms with Crippen molar-refractivity contribution in [3.05, 3.63) is 83.4 Å². The number of aryl methyl sites for hydroxylation is 1. The summed E-state index contributed by atoms with van der Waals surface area (Å²) < 4.78 is 13.3. The van der Waals surface area contributed by atoms with Crippen molar-refractivity contribution in [1.29, 1.82) is 0 Å². The maximum Gasteiger partial charge on any atom is 0.253 e. The van der Waals surface area contributed by atoms with Gasteiger partial charge in [-0.1, -0.05) is 18.2 Å². The molecule has 3 aromatic rings. The number of halogens is 1. The topological polar surface area (TPSA) is 71.1 Å². The first kappa shape index (κ1) is 17.9. The number of rotatable bonds is 3. The first-order valence-electron chi connectivity index (χ1n) is 8.94. The van der Waals surface area contributed by atoms with Crippen LogP contribution in [0.5, 0.6) is 0 Å². The van der Waals surface area contributed by atoms with Crippen molar-refractivity contribution >= 4 is 28.4 Å². The number of nitrogens with zero attached hydrogens (tertiary/aromatic N) is 1. The number of nitrogens with one attached hydrogen (secondary N) is 2. The van der Waals surface area contributed by atoms with Crippen LogP contribution < -0.4 is 10.6 Å². The Labute approximate surface area is 161 Å². The summed E-state index contributed by atoms with van der Waals surface area (Å²) in [6.45, 7) is 1.91. The maximum atomic E-state index is 13.3. The molecule has 0 fully saturated rings. The highest BCUT2D eigenvalue weighted by molar-refractivity contribution is 6.10. The van der Waals surface area contributed by atoms with Crippen LogP contribution >= 0.6 is 0 Å². The molecule has 1 atom stereocenters. The fraction of sp³-hybridized carbons (Fsp3) is 0.136. The predicted octanol–water partition coefficient (Wildman–Crippen LogP) is 3.81. The van der Waals surface area contributed by atoms with Gasteiger partial charge in [0.2, 0.25) is 5.91 Å². The van der Waals surface area contributed by atoms with Gasteiger partial charge in [-0.05, 0) is 48.9 Å². The molecule has 1 aliphatic rings. The number of amides is 2. The van der Waals surface area contributed by atoms with Gasteiger partial charge in [-0.15, -0.1) is 0 Å². The summed E-state index contributed by atoms with van der Waals surface area (Å²) in [5, 5.41) is 6.37. The number of pyridine rings is 1. The second kappa shape index (κ2) is 7.23. The van der Waals surface area contributed by atoms with Gasteiger partial charge in [0.05, 0.1) is 11.2 Å². The van der Waals surface area contributed by atoms with Gasteiger partial charge < -0.3 is 10.6 Å². The summed E-state index contributed by atoms with van der Waals surface area (Å²) in [6.07, 6.45) is 1.56. The van der Waals surface area contributed by atoms with E-state index in [2.05, 4.69) is 15.6 Å². The minimum absolute atomic E-state index is 0.126. The van der Waals surface area contributed by atoms with Gasteiger partial charge in [0.15, 0.2) is 0 Å². The molecule has 6 heteroatoms. The van der Waals surface area contributed by atoms with Crippen molar-refractivity contribution in [2.45, 2.75) is 19.3 Å². The third-order valence-corrected chi connectivity index (χ3v) is 4.81. The van der Waals surface area contributed by atoms with Crippen molar-refractivity contribution in [3.8, 4) is 0 Å². The number of hydrogen-bond acceptors (Lipinski definition) is 3. The second-order valence-electron chi connectivity index (χ2n) is 6.75. The molecule has 0 spiro atoms. The molecule has 4 rings (SSSR count). The molecule has 1 aromatic heterocycles. The summed E-state index contributed by atoms with van der Waals surface area (Å²) in [5.74, 6) is -1.31. The van der Waals surface area contributed by atoms with Crippen LogP contribution in [-0.4, -0.2) is 16.8 Å². The number of benzene rings is 2. The summed E-state index contributed by atoms with van der Waals surface area (Å²) in [7, 11) is 0. The molecule has 2 N–H and O–H groups in total. The van der Waals surface area contributed by atoms with Crippen LogP contribution in [-0.2, 0) is 9.59 Å². The van der Waals surface area contributed by atoms with Crippen molar-refractivity contribution in [1.82, 2.24) is 10.3 Å². The molecule has 1 aliphatic heterocycles. The largest absolute Gasteiger partial charge is 0.332 e.